The largest absolute Gasteiger partial charge is 0.454 e. The van der Waals surface area contributed by atoms with Crippen molar-refractivity contribution in [2.75, 3.05) is 9.80 Å². The number of para-hydroxylation sites is 4. The highest BCUT2D eigenvalue weighted by atomic mass is 16.3. The van der Waals surface area contributed by atoms with E-state index in [4.69, 9.17) is 4.42 Å². The van der Waals surface area contributed by atoms with E-state index in [0.29, 0.717) is 0 Å². The molecule has 0 bridgehead atoms. The standard InChI is InChI=1S/C70H48N2O/c1-3-18-49(19-4-1)51-36-38-52(39-37-51)53-42-44-59(45-43-53)71(60-26-15-24-56(47-60)57-41-40-50-20-7-8-23-55(50)46-57)61-27-16-25-58(48-61)63-29-10-13-33-67(63)72(66-32-12-9-28-62(66)54-21-5-2-6-22-54)68-34-17-31-65-64-30-11-14-35-69(64)73-70(65)68/h1-48H. The number of rotatable bonds is 11. The van der Waals surface area contributed by atoms with Gasteiger partial charge in [-0.05, 0) is 122 Å². The van der Waals surface area contributed by atoms with Crippen LogP contribution < -0.4 is 9.80 Å². The second-order valence-corrected chi connectivity index (χ2v) is 18.5. The third-order valence-electron chi connectivity index (χ3n) is 14.1. The fourth-order valence-corrected chi connectivity index (χ4v) is 10.5. The molecule has 0 amide bonds. The maximum Gasteiger partial charge on any atom is 0.159 e. The summed E-state index contributed by atoms with van der Waals surface area (Å²) in [6.45, 7) is 0. The van der Waals surface area contributed by atoms with Gasteiger partial charge in [0.05, 0.1) is 17.1 Å². The molecule has 3 heteroatoms. The third-order valence-corrected chi connectivity index (χ3v) is 14.1. The summed E-state index contributed by atoms with van der Waals surface area (Å²) >= 11 is 0. The molecule has 0 aliphatic heterocycles. The van der Waals surface area contributed by atoms with E-state index in [1.165, 1.54) is 33.0 Å². The Bertz CT molecular complexity index is 4080. The number of furan rings is 1. The molecular formula is C70H48N2O. The fourth-order valence-electron chi connectivity index (χ4n) is 10.5. The van der Waals surface area contributed by atoms with Crippen LogP contribution in [0.1, 0.15) is 0 Å². The Morgan fingerprint density at radius 1 is 0.233 bits per heavy atom. The molecule has 1 aromatic heterocycles. The molecule has 0 N–H and O–H groups in total. The van der Waals surface area contributed by atoms with Gasteiger partial charge >= 0.3 is 0 Å². The van der Waals surface area contributed by atoms with Crippen molar-refractivity contribution in [3.8, 4) is 55.6 Å². The van der Waals surface area contributed by atoms with E-state index in [-0.39, 0.29) is 0 Å². The molecule has 0 atom stereocenters. The second kappa shape index (κ2) is 18.9. The maximum absolute atomic E-state index is 6.82. The van der Waals surface area contributed by atoms with Crippen LogP contribution in [-0.2, 0) is 0 Å². The molecule has 73 heavy (non-hydrogen) atoms. The third kappa shape index (κ3) is 8.29. The van der Waals surface area contributed by atoms with Crippen LogP contribution in [0.3, 0.4) is 0 Å². The van der Waals surface area contributed by atoms with Crippen molar-refractivity contribution in [1.82, 2.24) is 0 Å². The predicted octanol–water partition coefficient (Wildman–Crippen LogP) is 20.0. The molecule has 3 nitrogen and oxygen atoms in total. The van der Waals surface area contributed by atoms with Crippen LogP contribution in [0.25, 0.3) is 88.3 Å². The van der Waals surface area contributed by atoms with Gasteiger partial charge < -0.3 is 14.2 Å². The Morgan fingerprint density at radius 3 is 1.38 bits per heavy atom. The van der Waals surface area contributed by atoms with Crippen molar-refractivity contribution in [2.45, 2.75) is 0 Å². The predicted molar refractivity (Wildman–Crippen MR) is 308 cm³/mol. The Morgan fingerprint density at radius 2 is 0.685 bits per heavy atom. The highest BCUT2D eigenvalue weighted by molar-refractivity contribution is 6.11. The molecule has 13 rings (SSSR count). The summed E-state index contributed by atoms with van der Waals surface area (Å²) in [5.74, 6) is 0. The van der Waals surface area contributed by atoms with Crippen molar-refractivity contribution in [1.29, 1.82) is 0 Å². The Labute approximate surface area is 425 Å². The maximum atomic E-state index is 6.82. The molecule has 0 aliphatic rings. The molecule has 344 valence electrons. The molecule has 0 spiro atoms. The first-order chi connectivity index (χ1) is 36.2. The van der Waals surface area contributed by atoms with E-state index < -0.39 is 0 Å². The summed E-state index contributed by atoms with van der Waals surface area (Å²) in [7, 11) is 0. The summed E-state index contributed by atoms with van der Waals surface area (Å²) < 4.78 is 6.82. The topological polar surface area (TPSA) is 19.6 Å². The summed E-state index contributed by atoms with van der Waals surface area (Å²) in [5.41, 5.74) is 19.4. The van der Waals surface area contributed by atoms with Gasteiger partial charge in [-0.2, -0.15) is 0 Å². The van der Waals surface area contributed by atoms with E-state index >= 15 is 0 Å². The molecule has 0 unspecified atom stereocenters. The number of benzene rings is 12. The highest BCUT2D eigenvalue weighted by Gasteiger charge is 2.25. The molecule has 0 aliphatic carbocycles. The first-order valence-electron chi connectivity index (χ1n) is 24.9. The van der Waals surface area contributed by atoms with Gasteiger partial charge in [-0.15, -0.1) is 0 Å². The second-order valence-electron chi connectivity index (χ2n) is 18.5. The lowest BCUT2D eigenvalue weighted by molar-refractivity contribution is 0.669. The Balaban J connectivity index is 0.958. The van der Waals surface area contributed by atoms with Crippen LogP contribution in [0, 0.1) is 0 Å². The number of anilines is 6. The van der Waals surface area contributed by atoms with Crippen LogP contribution in [0.2, 0.25) is 0 Å². The lowest BCUT2D eigenvalue weighted by Crippen LogP contribution is -2.13. The van der Waals surface area contributed by atoms with Crippen LogP contribution in [0.15, 0.2) is 296 Å². The normalized spacial score (nSPS) is 11.3. The van der Waals surface area contributed by atoms with Crippen molar-refractivity contribution in [3.63, 3.8) is 0 Å². The number of hydrogen-bond donors (Lipinski definition) is 0. The molecule has 13 aromatic rings. The smallest absolute Gasteiger partial charge is 0.159 e. The van der Waals surface area contributed by atoms with Gasteiger partial charge in [0.15, 0.2) is 5.58 Å². The van der Waals surface area contributed by atoms with E-state index in [1.807, 2.05) is 6.07 Å². The minimum atomic E-state index is 0.836. The van der Waals surface area contributed by atoms with Crippen LogP contribution >= 0.6 is 0 Å². The molecular weight excluding hydrogens is 885 g/mol. The monoisotopic (exact) mass is 932 g/mol. The van der Waals surface area contributed by atoms with Gasteiger partial charge in [0, 0.05) is 39.0 Å². The average Bonchev–Trinajstić information content (AvgIpc) is 3.86. The number of fused-ring (bicyclic) bond motifs is 4. The van der Waals surface area contributed by atoms with E-state index in [2.05, 4.69) is 295 Å². The van der Waals surface area contributed by atoms with Gasteiger partial charge in [-0.3, -0.25) is 0 Å². The Hall–Kier alpha value is -9.70. The van der Waals surface area contributed by atoms with Crippen LogP contribution in [-0.4, -0.2) is 0 Å². The average molecular weight is 933 g/mol. The zero-order chi connectivity index (χ0) is 48.5. The van der Waals surface area contributed by atoms with Crippen molar-refractivity contribution >= 4 is 66.8 Å². The minimum absolute atomic E-state index is 0.836. The van der Waals surface area contributed by atoms with Gasteiger partial charge in [0.2, 0.25) is 0 Å². The lowest BCUT2D eigenvalue weighted by Gasteiger charge is -2.30. The molecule has 0 fully saturated rings. The zero-order valence-corrected chi connectivity index (χ0v) is 40.0. The number of nitrogens with zero attached hydrogens (tertiary/aromatic N) is 2. The number of hydrogen-bond acceptors (Lipinski definition) is 3. The Kier molecular flexibility index (Phi) is 11.2. The summed E-state index contributed by atoms with van der Waals surface area (Å²) in [5, 5.41) is 4.62. The van der Waals surface area contributed by atoms with E-state index in [0.717, 1.165) is 89.4 Å². The fraction of sp³-hybridized carbons (Fsp3) is 0. The molecule has 1 heterocycles. The van der Waals surface area contributed by atoms with Crippen LogP contribution in [0.5, 0.6) is 0 Å². The molecule has 0 saturated carbocycles. The molecule has 0 radical (unpaired) electrons. The van der Waals surface area contributed by atoms with Crippen LogP contribution in [0.4, 0.5) is 34.1 Å². The quantitative estimate of drug-likeness (QED) is 0.129. The minimum Gasteiger partial charge on any atom is -0.454 e. The van der Waals surface area contributed by atoms with E-state index in [9.17, 15) is 0 Å². The first-order valence-corrected chi connectivity index (χ1v) is 24.9. The van der Waals surface area contributed by atoms with Gasteiger partial charge in [-0.1, -0.05) is 224 Å². The SMILES string of the molecule is c1ccc(-c2ccc(-c3ccc(N(c4cccc(-c5ccc6ccccc6c5)c4)c4cccc(-c5ccccc5N(c5ccccc5-c5ccccc5)c5cccc6c5oc5ccccc56)c4)cc3)cc2)cc1. The van der Waals surface area contributed by atoms with Crippen molar-refractivity contribution in [2.24, 2.45) is 0 Å². The first kappa shape index (κ1) is 43.3. The molecule has 12 aromatic carbocycles. The van der Waals surface area contributed by atoms with Crippen molar-refractivity contribution in [3.05, 3.63) is 291 Å². The summed E-state index contributed by atoms with van der Waals surface area (Å²) in [6, 6.07) is 105. The van der Waals surface area contributed by atoms with Gasteiger partial charge in [-0.25, -0.2) is 0 Å². The van der Waals surface area contributed by atoms with E-state index in [1.54, 1.807) is 0 Å². The zero-order valence-electron chi connectivity index (χ0n) is 40.0. The lowest BCUT2D eigenvalue weighted by atomic mass is 9.97. The molecule has 0 saturated heterocycles. The summed E-state index contributed by atoms with van der Waals surface area (Å²) in [6.07, 6.45) is 0. The van der Waals surface area contributed by atoms with Gasteiger partial charge in [0.25, 0.3) is 0 Å². The summed E-state index contributed by atoms with van der Waals surface area (Å²) in [4.78, 5) is 4.78. The highest BCUT2D eigenvalue weighted by Crippen LogP contribution is 2.49. The van der Waals surface area contributed by atoms with Gasteiger partial charge in [0.1, 0.15) is 5.58 Å². The van der Waals surface area contributed by atoms with Crippen molar-refractivity contribution < 1.29 is 4.42 Å².